The maximum Gasteiger partial charge on any atom is 0.263 e. The van der Waals surface area contributed by atoms with Crippen LogP contribution < -0.4 is 11.3 Å². The number of hydrogen-bond acceptors (Lipinski definition) is 5. The van der Waals surface area contributed by atoms with E-state index in [1.165, 1.54) is 22.8 Å². The van der Waals surface area contributed by atoms with Gasteiger partial charge in [0.2, 0.25) is 5.78 Å². The maximum absolute atomic E-state index is 12.6. The van der Waals surface area contributed by atoms with Gasteiger partial charge < -0.3 is 10.8 Å². The fraction of sp³-hybridized carbons (Fsp3) is 0.188. The van der Waals surface area contributed by atoms with E-state index >= 15 is 0 Å². The van der Waals surface area contributed by atoms with E-state index in [0.717, 1.165) is 5.56 Å². The summed E-state index contributed by atoms with van der Waals surface area (Å²) in [5, 5.41) is 18.9. The van der Waals surface area contributed by atoms with Crippen LogP contribution in [0.25, 0.3) is 0 Å². The Morgan fingerprint density at radius 3 is 2.64 bits per heavy atom. The van der Waals surface area contributed by atoms with Crippen LogP contribution in [0.1, 0.15) is 34.0 Å². The number of aryl methyl sites for hydroxylation is 1. The van der Waals surface area contributed by atoms with E-state index in [2.05, 4.69) is 0 Å². The third-order valence-electron chi connectivity index (χ3n) is 3.41. The van der Waals surface area contributed by atoms with Gasteiger partial charge in [0, 0.05) is 6.54 Å². The second kappa shape index (κ2) is 5.74. The molecule has 2 aromatic rings. The number of carbonyl (C=O) groups is 1. The van der Waals surface area contributed by atoms with E-state index in [0.29, 0.717) is 0 Å². The van der Waals surface area contributed by atoms with E-state index in [-0.39, 0.29) is 34.8 Å². The topological polar surface area (TPSA) is 109 Å². The first-order valence-corrected chi connectivity index (χ1v) is 6.68. The highest BCUT2D eigenvalue weighted by molar-refractivity contribution is 6.10. The Morgan fingerprint density at radius 1 is 1.36 bits per heavy atom. The summed E-state index contributed by atoms with van der Waals surface area (Å²) < 4.78 is 1.17. The molecule has 0 aliphatic heterocycles. The predicted molar refractivity (Wildman–Crippen MR) is 81.8 cm³/mol. The fourth-order valence-corrected chi connectivity index (χ4v) is 2.22. The summed E-state index contributed by atoms with van der Waals surface area (Å²) in [6.45, 7) is 3.70. The molecule has 0 amide bonds. The number of aromatic hydroxyl groups is 1. The van der Waals surface area contributed by atoms with Crippen LogP contribution in [-0.4, -0.2) is 15.5 Å². The van der Waals surface area contributed by atoms with Crippen LogP contribution in [0.15, 0.2) is 29.1 Å². The maximum atomic E-state index is 12.6. The summed E-state index contributed by atoms with van der Waals surface area (Å²) in [5.41, 5.74) is 5.83. The van der Waals surface area contributed by atoms with Gasteiger partial charge in [0.15, 0.2) is 0 Å². The minimum atomic E-state index is -0.634. The molecule has 0 fully saturated rings. The molecular formula is C16H15N3O3. The molecule has 112 valence electrons. The first-order chi connectivity index (χ1) is 10.4. The molecule has 0 saturated carbocycles. The van der Waals surface area contributed by atoms with Crippen molar-refractivity contribution in [2.75, 3.05) is 5.73 Å². The van der Waals surface area contributed by atoms with Gasteiger partial charge in [0.25, 0.3) is 5.56 Å². The molecule has 22 heavy (non-hydrogen) atoms. The number of ketones is 1. The van der Waals surface area contributed by atoms with Gasteiger partial charge in [-0.05, 0) is 32.0 Å². The third-order valence-corrected chi connectivity index (χ3v) is 3.41. The molecular weight excluding hydrogens is 282 g/mol. The van der Waals surface area contributed by atoms with Crippen molar-refractivity contribution in [3.05, 3.63) is 56.9 Å². The molecule has 0 unspecified atom stereocenters. The summed E-state index contributed by atoms with van der Waals surface area (Å²) in [5.74, 6) is -0.821. The van der Waals surface area contributed by atoms with Crippen molar-refractivity contribution in [1.82, 2.24) is 4.57 Å². The van der Waals surface area contributed by atoms with Crippen molar-refractivity contribution >= 4 is 11.6 Å². The average Bonchev–Trinajstić information content (AvgIpc) is 2.50. The number of rotatable bonds is 3. The Morgan fingerprint density at radius 2 is 2.05 bits per heavy atom. The van der Waals surface area contributed by atoms with Crippen molar-refractivity contribution in [2.24, 2.45) is 0 Å². The molecule has 0 radical (unpaired) electrons. The number of nitriles is 1. The Hall–Kier alpha value is -3.07. The summed E-state index contributed by atoms with van der Waals surface area (Å²) >= 11 is 0. The van der Waals surface area contributed by atoms with E-state index in [1.807, 2.05) is 6.07 Å². The number of nitrogens with zero attached hydrogens (tertiary/aromatic N) is 2. The number of pyridine rings is 1. The monoisotopic (exact) mass is 297 g/mol. The lowest BCUT2D eigenvalue weighted by Crippen LogP contribution is -2.29. The number of nitrogens with two attached hydrogens (primary N) is 1. The molecule has 0 bridgehead atoms. The van der Waals surface area contributed by atoms with E-state index in [1.54, 1.807) is 19.9 Å². The second-order valence-electron chi connectivity index (χ2n) is 4.87. The molecule has 0 saturated heterocycles. The van der Waals surface area contributed by atoms with Crippen LogP contribution in [-0.2, 0) is 6.54 Å². The number of nitrogen functional groups attached to an aromatic ring is 1. The van der Waals surface area contributed by atoms with Gasteiger partial charge in [-0.1, -0.05) is 11.6 Å². The number of phenols is 1. The largest absolute Gasteiger partial charge is 0.507 e. The third kappa shape index (κ3) is 2.44. The van der Waals surface area contributed by atoms with Crippen LogP contribution in [0.5, 0.6) is 5.75 Å². The first-order valence-electron chi connectivity index (χ1n) is 6.68. The summed E-state index contributed by atoms with van der Waals surface area (Å²) in [6, 6.07) is 7.59. The SMILES string of the molecule is CCn1c(N)c(C#N)cc(C(=O)c2cc(C)ccc2O)c1=O. The average molecular weight is 297 g/mol. The minimum Gasteiger partial charge on any atom is -0.507 e. The molecule has 6 nitrogen and oxygen atoms in total. The van der Waals surface area contributed by atoms with Crippen LogP contribution in [0.2, 0.25) is 0 Å². The highest BCUT2D eigenvalue weighted by Crippen LogP contribution is 2.22. The number of benzene rings is 1. The standard InChI is InChI=1S/C16H15N3O3/c1-3-19-15(18)10(8-17)7-12(16(19)22)14(21)11-6-9(2)4-5-13(11)20/h4-7,20H,3,18H2,1-2H3. The van der Waals surface area contributed by atoms with Gasteiger partial charge >= 0.3 is 0 Å². The van der Waals surface area contributed by atoms with Crippen molar-refractivity contribution < 1.29 is 9.90 Å². The van der Waals surface area contributed by atoms with Crippen LogP contribution in [0.4, 0.5) is 5.82 Å². The number of phenolic OH excluding ortho intramolecular Hbond substituents is 1. The molecule has 0 aliphatic rings. The lowest BCUT2D eigenvalue weighted by Gasteiger charge is -2.11. The van der Waals surface area contributed by atoms with Crippen LogP contribution in [0, 0.1) is 18.3 Å². The number of carbonyl (C=O) groups excluding carboxylic acids is 1. The molecule has 1 aromatic heterocycles. The molecule has 0 spiro atoms. The van der Waals surface area contributed by atoms with E-state index < -0.39 is 11.3 Å². The van der Waals surface area contributed by atoms with Gasteiger partial charge in [0.05, 0.1) is 16.7 Å². The Bertz CT molecular complexity index is 860. The highest BCUT2D eigenvalue weighted by atomic mass is 16.3. The lowest BCUT2D eigenvalue weighted by atomic mass is 10.0. The van der Waals surface area contributed by atoms with Gasteiger partial charge in [0.1, 0.15) is 17.6 Å². The van der Waals surface area contributed by atoms with E-state index in [9.17, 15) is 14.7 Å². The minimum absolute atomic E-state index is 0.0217. The second-order valence-corrected chi connectivity index (χ2v) is 4.87. The molecule has 0 aliphatic carbocycles. The van der Waals surface area contributed by atoms with Crippen molar-refractivity contribution in [1.29, 1.82) is 5.26 Å². The Balaban J connectivity index is 2.72. The molecule has 0 atom stereocenters. The molecule has 1 heterocycles. The van der Waals surface area contributed by atoms with Crippen molar-refractivity contribution in [3.8, 4) is 11.8 Å². The quantitative estimate of drug-likeness (QED) is 0.836. The van der Waals surface area contributed by atoms with Gasteiger partial charge in [-0.3, -0.25) is 14.2 Å². The van der Waals surface area contributed by atoms with Crippen molar-refractivity contribution in [2.45, 2.75) is 20.4 Å². The highest BCUT2D eigenvalue weighted by Gasteiger charge is 2.21. The zero-order valence-electron chi connectivity index (χ0n) is 12.3. The molecule has 2 rings (SSSR count). The summed E-state index contributed by atoms with van der Waals surface area (Å²) in [4.78, 5) is 24.9. The lowest BCUT2D eigenvalue weighted by molar-refractivity contribution is 0.103. The first kappa shape index (κ1) is 15.3. The van der Waals surface area contributed by atoms with Gasteiger partial charge in [-0.2, -0.15) is 5.26 Å². The summed E-state index contributed by atoms with van der Waals surface area (Å²) in [7, 11) is 0. The number of hydrogen-bond donors (Lipinski definition) is 2. The molecule has 3 N–H and O–H groups in total. The predicted octanol–water partition coefficient (Wildman–Crippen LogP) is 1.57. The fourth-order valence-electron chi connectivity index (χ4n) is 2.22. The number of anilines is 1. The van der Waals surface area contributed by atoms with Crippen LogP contribution >= 0.6 is 0 Å². The normalized spacial score (nSPS) is 10.2. The Labute approximate surface area is 127 Å². The van der Waals surface area contributed by atoms with Crippen molar-refractivity contribution in [3.63, 3.8) is 0 Å². The molecule has 1 aromatic carbocycles. The number of aromatic nitrogens is 1. The zero-order valence-corrected chi connectivity index (χ0v) is 12.3. The zero-order chi connectivity index (χ0) is 16.4. The van der Waals surface area contributed by atoms with Crippen LogP contribution in [0.3, 0.4) is 0 Å². The Kier molecular flexibility index (Phi) is 4.00. The van der Waals surface area contributed by atoms with Gasteiger partial charge in [-0.15, -0.1) is 0 Å². The smallest absolute Gasteiger partial charge is 0.263 e. The summed E-state index contributed by atoms with van der Waals surface area (Å²) in [6.07, 6.45) is 0. The van der Waals surface area contributed by atoms with Gasteiger partial charge in [-0.25, -0.2) is 0 Å². The van der Waals surface area contributed by atoms with E-state index in [4.69, 9.17) is 11.0 Å². The molecule has 6 heteroatoms.